The topological polar surface area (TPSA) is 93.5 Å². The summed E-state index contributed by atoms with van der Waals surface area (Å²) in [6.07, 6.45) is 8.75. The minimum atomic E-state index is 0.262. The lowest BCUT2D eigenvalue weighted by Crippen LogP contribution is -2.33. The van der Waals surface area contributed by atoms with Gasteiger partial charge in [0.15, 0.2) is 0 Å². The second-order valence-corrected chi connectivity index (χ2v) is 7.86. The molecule has 1 aliphatic rings. The summed E-state index contributed by atoms with van der Waals surface area (Å²) in [5.74, 6) is 0.660. The first-order valence-electron chi connectivity index (χ1n) is 10.5. The van der Waals surface area contributed by atoms with Crippen LogP contribution in [0.4, 0.5) is 11.5 Å². The van der Waals surface area contributed by atoms with Crippen molar-refractivity contribution in [2.45, 2.75) is 31.8 Å². The molecule has 0 aliphatic carbocycles. The molecular formula is C24H23N7. The molecule has 3 aromatic heterocycles. The molecule has 1 aromatic carbocycles. The van der Waals surface area contributed by atoms with Crippen LogP contribution in [-0.2, 0) is 6.54 Å². The highest BCUT2D eigenvalue weighted by Gasteiger charge is 2.25. The molecule has 0 unspecified atom stereocenters. The van der Waals surface area contributed by atoms with Gasteiger partial charge in [-0.25, -0.2) is 9.97 Å². The first kappa shape index (κ1) is 19.2. The van der Waals surface area contributed by atoms with E-state index in [1.165, 1.54) is 29.4 Å². The number of fused-ring (bicyclic) bond motifs is 1. The molecule has 7 nitrogen and oxygen atoms in total. The van der Waals surface area contributed by atoms with E-state index >= 15 is 0 Å². The fourth-order valence-electron chi connectivity index (χ4n) is 4.21. The number of piperidine rings is 1. The molecule has 1 aliphatic heterocycles. The number of anilines is 2. The first-order chi connectivity index (χ1) is 15.3. The molecule has 7 heteroatoms. The van der Waals surface area contributed by atoms with E-state index in [2.05, 4.69) is 55.5 Å². The highest BCUT2D eigenvalue weighted by Crippen LogP contribution is 2.31. The average molecular weight is 409 g/mol. The Hall–Kier alpha value is -3.76. The number of aromatic nitrogens is 4. The van der Waals surface area contributed by atoms with E-state index < -0.39 is 0 Å². The number of nitrogens with one attached hydrogen (secondary N) is 2. The Labute approximate surface area is 180 Å². The average Bonchev–Trinajstić information content (AvgIpc) is 3.23. The lowest BCUT2D eigenvalue weighted by Gasteiger charge is -2.34. The summed E-state index contributed by atoms with van der Waals surface area (Å²) in [5, 5.41) is 13.3. The van der Waals surface area contributed by atoms with Crippen LogP contribution in [0.5, 0.6) is 0 Å². The van der Waals surface area contributed by atoms with E-state index in [9.17, 15) is 0 Å². The van der Waals surface area contributed by atoms with Crippen molar-refractivity contribution < 1.29 is 0 Å². The second-order valence-electron chi connectivity index (χ2n) is 7.86. The Morgan fingerprint density at radius 1 is 1.06 bits per heavy atom. The molecular weight excluding hydrogens is 386 g/mol. The van der Waals surface area contributed by atoms with Gasteiger partial charge >= 0.3 is 0 Å². The van der Waals surface area contributed by atoms with Crippen LogP contribution >= 0.6 is 0 Å². The molecule has 31 heavy (non-hydrogen) atoms. The van der Waals surface area contributed by atoms with Gasteiger partial charge in [-0.15, -0.1) is 0 Å². The van der Waals surface area contributed by atoms with E-state index in [0.717, 1.165) is 30.9 Å². The lowest BCUT2D eigenvalue weighted by atomic mass is 9.99. The number of hydrogen-bond acceptors (Lipinski definition) is 6. The van der Waals surface area contributed by atoms with E-state index in [0.29, 0.717) is 11.5 Å². The van der Waals surface area contributed by atoms with Gasteiger partial charge < -0.3 is 10.3 Å². The highest BCUT2D eigenvalue weighted by atomic mass is 15.2. The normalized spacial score (nSPS) is 16.8. The summed E-state index contributed by atoms with van der Waals surface area (Å²) < 4.78 is 0. The third-order valence-electron chi connectivity index (χ3n) is 5.74. The largest absolute Gasteiger partial charge is 0.357 e. The van der Waals surface area contributed by atoms with E-state index in [4.69, 9.17) is 10.2 Å². The van der Waals surface area contributed by atoms with Crippen LogP contribution in [0.1, 0.15) is 42.4 Å². The van der Waals surface area contributed by atoms with Gasteiger partial charge in [0.25, 0.3) is 0 Å². The Morgan fingerprint density at radius 3 is 2.77 bits per heavy atom. The Kier molecular flexibility index (Phi) is 5.29. The molecule has 4 heterocycles. The summed E-state index contributed by atoms with van der Waals surface area (Å²) in [7, 11) is 0. The molecule has 2 N–H and O–H groups in total. The smallest absolute Gasteiger partial charge is 0.148 e. The highest BCUT2D eigenvalue weighted by molar-refractivity contribution is 5.80. The molecule has 1 fully saturated rings. The number of likely N-dealkylation sites (tertiary alicyclic amines) is 1. The van der Waals surface area contributed by atoms with Crippen molar-refractivity contribution in [2.24, 2.45) is 0 Å². The lowest BCUT2D eigenvalue weighted by molar-refractivity contribution is 0.135. The summed E-state index contributed by atoms with van der Waals surface area (Å²) in [5.41, 5.74) is 4.57. The van der Waals surface area contributed by atoms with E-state index in [1.807, 2.05) is 18.3 Å². The van der Waals surface area contributed by atoms with Gasteiger partial charge in [-0.05, 0) is 49.0 Å². The number of H-pyrrole nitrogens is 1. The molecule has 1 saturated heterocycles. The van der Waals surface area contributed by atoms with Gasteiger partial charge in [0.1, 0.15) is 17.6 Å². The Bertz CT molecular complexity index is 1170. The number of aromatic amines is 1. The molecule has 154 valence electrons. The van der Waals surface area contributed by atoms with Gasteiger partial charge in [-0.1, -0.05) is 24.6 Å². The number of benzene rings is 1. The van der Waals surface area contributed by atoms with Gasteiger partial charge in [-0.2, -0.15) is 5.26 Å². The van der Waals surface area contributed by atoms with Crippen molar-refractivity contribution in [1.29, 1.82) is 5.26 Å². The molecule has 0 amide bonds. The zero-order valence-corrected chi connectivity index (χ0v) is 17.1. The van der Waals surface area contributed by atoms with Crippen molar-refractivity contribution in [3.63, 3.8) is 0 Å². The minimum Gasteiger partial charge on any atom is -0.357 e. The predicted octanol–water partition coefficient (Wildman–Crippen LogP) is 4.70. The second kappa shape index (κ2) is 8.54. The van der Waals surface area contributed by atoms with Crippen molar-refractivity contribution >= 4 is 22.4 Å². The number of pyridine rings is 1. The number of nitriles is 1. The summed E-state index contributed by atoms with van der Waals surface area (Å²) >= 11 is 0. The fourth-order valence-corrected chi connectivity index (χ4v) is 4.21. The van der Waals surface area contributed by atoms with Gasteiger partial charge in [0, 0.05) is 17.8 Å². The Balaban J connectivity index is 1.30. The summed E-state index contributed by atoms with van der Waals surface area (Å²) in [6, 6.07) is 16.4. The predicted molar refractivity (Wildman–Crippen MR) is 120 cm³/mol. The quantitative estimate of drug-likeness (QED) is 0.496. The molecule has 1 atom stereocenters. The Morgan fingerprint density at radius 2 is 2.00 bits per heavy atom. The van der Waals surface area contributed by atoms with Crippen LogP contribution in [-0.4, -0.2) is 31.4 Å². The number of para-hydroxylation sites is 1. The molecule has 0 saturated carbocycles. The molecule has 0 radical (unpaired) electrons. The third kappa shape index (κ3) is 4.25. The maximum atomic E-state index is 8.86. The third-order valence-corrected chi connectivity index (χ3v) is 5.74. The van der Waals surface area contributed by atoms with Crippen LogP contribution in [0.25, 0.3) is 10.9 Å². The van der Waals surface area contributed by atoms with Crippen LogP contribution in [0, 0.1) is 11.3 Å². The first-order valence-corrected chi connectivity index (χ1v) is 10.5. The van der Waals surface area contributed by atoms with Crippen molar-refractivity contribution in [3.05, 3.63) is 78.1 Å². The van der Waals surface area contributed by atoms with Crippen molar-refractivity contribution in [3.8, 4) is 6.07 Å². The zero-order chi connectivity index (χ0) is 21.0. The SMILES string of the molecule is N#Cc1ccc(Nc2cnc([C@@H]3CCCCN3Cc3cc4ccccc4[nH]3)cn2)cn1. The van der Waals surface area contributed by atoms with Crippen molar-refractivity contribution in [2.75, 3.05) is 11.9 Å². The fraction of sp³-hybridized carbons (Fsp3) is 0.250. The number of hydrogen-bond donors (Lipinski definition) is 2. The van der Waals surface area contributed by atoms with E-state index in [1.54, 1.807) is 18.5 Å². The van der Waals surface area contributed by atoms with Crippen LogP contribution in [0.2, 0.25) is 0 Å². The molecule has 0 spiro atoms. The molecule has 4 aromatic rings. The maximum absolute atomic E-state index is 8.86. The summed E-state index contributed by atoms with van der Waals surface area (Å²) in [6.45, 7) is 1.93. The standard InChI is InChI=1S/C24H23N7/c25-12-18-8-9-19(13-26-18)30-24-15-27-22(14-28-24)23-7-3-4-10-31(23)16-20-11-17-5-1-2-6-21(17)29-20/h1-2,5-6,8-9,11,13-15,23,29H,3-4,7,10,16H2,(H,28,30)/t23-/m0/s1. The number of nitrogens with zero attached hydrogens (tertiary/aromatic N) is 5. The van der Waals surface area contributed by atoms with E-state index in [-0.39, 0.29) is 6.04 Å². The van der Waals surface area contributed by atoms with Crippen LogP contribution < -0.4 is 5.32 Å². The zero-order valence-electron chi connectivity index (χ0n) is 17.1. The minimum absolute atomic E-state index is 0.262. The van der Waals surface area contributed by atoms with Gasteiger partial charge in [-0.3, -0.25) is 9.88 Å². The maximum Gasteiger partial charge on any atom is 0.148 e. The molecule has 0 bridgehead atoms. The monoisotopic (exact) mass is 409 g/mol. The van der Waals surface area contributed by atoms with Crippen molar-refractivity contribution in [1.82, 2.24) is 24.8 Å². The van der Waals surface area contributed by atoms with Gasteiger partial charge in [0.2, 0.25) is 0 Å². The van der Waals surface area contributed by atoms with Crippen LogP contribution in [0.3, 0.4) is 0 Å². The summed E-state index contributed by atoms with van der Waals surface area (Å²) in [4.78, 5) is 19.4. The van der Waals surface area contributed by atoms with Gasteiger partial charge in [0.05, 0.1) is 36.0 Å². The number of rotatable bonds is 5. The van der Waals surface area contributed by atoms with Crippen LogP contribution in [0.15, 0.2) is 61.1 Å². The molecule has 5 rings (SSSR count).